The lowest BCUT2D eigenvalue weighted by Crippen LogP contribution is -2.25. The minimum Gasteiger partial charge on any atom is -0.469 e. The Hall–Kier alpha value is -4.60. The van der Waals surface area contributed by atoms with E-state index in [9.17, 15) is 19.2 Å². The Morgan fingerprint density at radius 1 is 0.689 bits per heavy atom. The Morgan fingerprint density at radius 2 is 1.04 bits per heavy atom. The molecule has 240 valence electrons. The number of amides is 2. The molecule has 0 aromatic carbocycles. The van der Waals surface area contributed by atoms with Gasteiger partial charge in [0.2, 0.25) is 0 Å². The summed E-state index contributed by atoms with van der Waals surface area (Å²) in [5, 5.41) is 5.93. The number of aromatic amines is 2. The van der Waals surface area contributed by atoms with Crippen molar-refractivity contribution in [1.82, 2.24) is 20.6 Å². The average molecular weight is 617 g/mol. The maximum atomic E-state index is 12.7. The van der Waals surface area contributed by atoms with Crippen LogP contribution in [-0.2, 0) is 46.9 Å². The molecule has 2 aliphatic rings. The fraction of sp³-hybridized carbons (Fsp3) is 0.429. The molecule has 0 atom stereocenters. The quantitative estimate of drug-likeness (QED) is 0.273. The normalized spacial score (nSPS) is 17.1. The summed E-state index contributed by atoms with van der Waals surface area (Å²) in [4.78, 5) is 57.4. The van der Waals surface area contributed by atoms with Gasteiger partial charge < -0.3 is 30.1 Å². The van der Waals surface area contributed by atoms with Gasteiger partial charge in [0.1, 0.15) is 0 Å². The number of H-pyrrole nitrogens is 2. The van der Waals surface area contributed by atoms with Gasteiger partial charge in [-0.05, 0) is 99.9 Å². The average Bonchev–Trinajstić information content (AvgIpc) is 3.67. The van der Waals surface area contributed by atoms with E-state index >= 15 is 0 Å². The van der Waals surface area contributed by atoms with E-state index in [1.165, 1.54) is 14.2 Å². The zero-order chi connectivity index (χ0) is 33.4. The Balaban J connectivity index is 1.93. The van der Waals surface area contributed by atoms with Gasteiger partial charge in [-0.25, -0.2) is 0 Å². The molecule has 0 saturated heterocycles. The van der Waals surface area contributed by atoms with Crippen LogP contribution in [0, 0.1) is 13.8 Å². The Labute approximate surface area is 264 Å². The predicted molar refractivity (Wildman–Crippen MR) is 173 cm³/mol. The molecule has 0 fully saturated rings. The van der Waals surface area contributed by atoms with Crippen molar-refractivity contribution < 1.29 is 28.7 Å². The van der Waals surface area contributed by atoms with Crippen molar-refractivity contribution in [2.24, 2.45) is 0 Å². The second-order valence-electron chi connectivity index (χ2n) is 12.1. The highest BCUT2D eigenvalue weighted by Crippen LogP contribution is 2.40. The molecule has 0 saturated carbocycles. The van der Waals surface area contributed by atoms with E-state index in [1.54, 1.807) is 0 Å². The molecule has 2 amide bonds. The molecule has 4 heterocycles. The first-order valence-corrected chi connectivity index (χ1v) is 15.2. The number of esters is 2. The molecule has 0 aliphatic carbocycles. The van der Waals surface area contributed by atoms with Gasteiger partial charge in [0.05, 0.1) is 27.1 Å². The third kappa shape index (κ3) is 6.06. The van der Waals surface area contributed by atoms with Crippen LogP contribution in [0.25, 0.3) is 12.2 Å². The van der Waals surface area contributed by atoms with Gasteiger partial charge >= 0.3 is 11.9 Å². The van der Waals surface area contributed by atoms with E-state index in [0.717, 1.165) is 67.6 Å². The van der Waals surface area contributed by atoms with Gasteiger partial charge in [-0.2, -0.15) is 0 Å². The summed E-state index contributed by atoms with van der Waals surface area (Å²) in [6.07, 6.45) is 5.27. The summed E-state index contributed by atoms with van der Waals surface area (Å²) >= 11 is 0. The summed E-state index contributed by atoms with van der Waals surface area (Å²) in [6, 6.07) is 0. The monoisotopic (exact) mass is 616 g/mol. The summed E-state index contributed by atoms with van der Waals surface area (Å²) in [5.41, 5.74) is 10.2. The van der Waals surface area contributed by atoms with Crippen molar-refractivity contribution in [3.63, 3.8) is 0 Å². The van der Waals surface area contributed by atoms with Gasteiger partial charge in [-0.3, -0.25) is 19.2 Å². The highest BCUT2D eigenvalue weighted by molar-refractivity contribution is 6.01. The number of rotatable bonds is 10. The Morgan fingerprint density at radius 3 is 1.36 bits per heavy atom. The Bertz CT molecular complexity index is 1600. The Kier molecular flexibility index (Phi) is 9.46. The molecule has 4 rings (SSSR count). The van der Waals surface area contributed by atoms with Gasteiger partial charge in [-0.1, -0.05) is 13.8 Å². The molecule has 45 heavy (non-hydrogen) atoms. The van der Waals surface area contributed by atoms with Crippen LogP contribution >= 0.6 is 0 Å². The van der Waals surface area contributed by atoms with Crippen LogP contribution in [0.5, 0.6) is 0 Å². The number of carbonyl (C=O) groups excluding carboxylic acids is 4. The number of carbonyl (C=O) groups is 4. The number of methoxy groups -OCH3 is 2. The van der Waals surface area contributed by atoms with Crippen LogP contribution in [0.4, 0.5) is 0 Å². The summed E-state index contributed by atoms with van der Waals surface area (Å²) in [7, 11) is 2.72. The van der Waals surface area contributed by atoms with E-state index in [-0.39, 0.29) is 36.6 Å². The molecule has 0 unspecified atom stereocenters. The first-order chi connectivity index (χ1) is 21.2. The highest BCUT2D eigenvalue weighted by atomic mass is 16.5. The van der Waals surface area contributed by atoms with E-state index in [1.807, 2.05) is 67.5 Å². The van der Waals surface area contributed by atoms with Crippen molar-refractivity contribution in [3.05, 3.63) is 78.7 Å². The maximum Gasteiger partial charge on any atom is 0.310 e. The largest absolute Gasteiger partial charge is 0.469 e. The lowest BCUT2D eigenvalue weighted by Gasteiger charge is -2.26. The number of ether oxygens (including phenoxy) is 2. The second kappa shape index (κ2) is 12.8. The molecule has 2 aromatic heterocycles. The first kappa shape index (κ1) is 33.3. The van der Waals surface area contributed by atoms with Gasteiger partial charge in [0.15, 0.2) is 0 Å². The standard InChI is InChI=1S/C35H44N4O6/c1-11-21-19(5)33(42)38-27(21)15-25-17(3)23(13-29(40)44-9)31(36-25)35(7,8)32-24(14-30(41)45-10)18(4)26(37-32)16-28-22(12-2)20(6)34(43)39-28/h15-16,36-37H,11-14H2,1-10H3,(H,38,42)(H,39,43)/b27-15-,28-16-. The van der Waals surface area contributed by atoms with Crippen molar-refractivity contribution >= 4 is 35.9 Å². The van der Waals surface area contributed by atoms with Crippen molar-refractivity contribution in [2.45, 2.75) is 86.5 Å². The number of allylic oxidation sites excluding steroid dienone is 2. The summed E-state index contributed by atoms with van der Waals surface area (Å²) < 4.78 is 10.1. The zero-order valence-electron chi connectivity index (χ0n) is 27.9. The summed E-state index contributed by atoms with van der Waals surface area (Å²) in [5.74, 6) is -1.02. The van der Waals surface area contributed by atoms with Crippen LogP contribution < -0.4 is 10.6 Å². The molecule has 10 heteroatoms. The van der Waals surface area contributed by atoms with Crippen LogP contribution in [-0.4, -0.2) is 47.9 Å². The molecule has 2 aliphatic heterocycles. The van der Waals surface area contributed by atoms with Crippen LogP contribution in [0.15, 0.2) is 33.7 Å². The molecule has 10 nitrogen and oxygen atoms in total. The molecule has 0 bridgehead atoms. The highest BCUT2D eigenvalue weighted by Gasteiger charge is 2.36. The minimum atomic E-state index is -0.772. The molecular weight excluding hydrogens is 572 g/mol. The van der Waals surface area contributed by atoms with E-state index in [2.05, 4.69) is 20.6 Å². The van der Waals surface area contributed by atoms with E-state index in [0.29, 0.717) is 24.0 Å². The van der Waals surface area contributed by atoms with Gasteiger partial charge in [0.25, 0.3) is 11.8 Å². The number of aromatic nitrogens is 2. The number of hydrogen-bond donors (Lipinski definition) is 4. The van der Waals surface area contributed by atoms with Crippen molar-refractivity contribution in [3.8, 4) is 0 Å². The van der Waals surface area contributed by atoms with Crippen molar-refractivity contribution in [2.75, 3.05) is 14.2 Å². The van der Waals surface area contributed by atoms with Crippen LogP contribution in [0.2, 0.25) is 0 Å². The molecule has 4 N–H and O–H groups in total. The maximum absolute atomic E-state index is 12.7. The lowest BCUT2D eigenvalue weighted by atomic mass is 9.80. The third-order valence-corrected chi connectivity index (χ3v) is 9.20. The SMILES string of the molecule is CCC1=C(C)C(=O)N/C1=C\c1[nH]c(C(C)(C)c2[nH]c(/C=C3\NC(=O)C(C)=C3CC)c(C)c2CC(=O)OC)c(CC(=O)OC)c1C. The number of hydrogen-bond acceptors (Lipinski definition) is 6. The summed E-state index contributed by atoms with van der Waals surface area (Å²) in [6.45, 7) is 15.6. The molecular formula is C35H44N4O6. The zero-order valence-corrected chi connectivity index (χ0v) is 27.9. The third-order valence-electron chi connectivity index (χ3n) is 9.20. The fourth-order valence-electron chi connectivity index (χ4n) is 6.37. The second-order valence-corrected chi connectivity index (χ2v) is 12.1. The van der Waals surface area contributed by atoms with Crippen LogP contribution in [0.3, 0.4) is 0 Å². The fourth-order valence-corrected chi connectivity index (χ4v) is 6.37. The van der Waals surface area contributed by atoms with E-state index < -0.39 is 5.41 Å². The van der Waals surface area contributed by atoms with Crippen molar-refractivity contribution in [1.29, 1.82) is 0 Å². The first-order valence-electron chi connectivity index (χ1n) is 15.2. The number of nitrogens with one attached hydrogen (secondary N) is 4. The minimum absolute atomic E-state index is 0.0293. The van der Waals surface area contributed by atoms with Gasteiger partial charge in [-0.15, -0.1) is 0 Å². The predicted octanol–water partition coefficient (Wildman–Crippen LogP) is 5.11. The smallest absolute Gasteiger partial charge is 0.310 e. The lowest BCUT2D eigenvalue weighted by molar-refractivity contribution is -0.140. The molecule has 0 radical (unpaired) electrons. The van der Waals surface area contributed by atoms with Crippen LogP contribution in [0.1, 0.15) is 99.4 Å². The van der Waals surface area contributed by atoms with E-state index in [4.69, 9.17) is 9.47 Å². The topological polar surface area (TPSA) is 142 Å². The molecule has 2 aromatic rings. The molecule has 0 spiro atoms. The van der Waals surface area contributed by atoms with Gasteiger partial charge in [0, 0.05) is 50.7 Å².